The maximum Gasteiger partial charge on any atom is 0.222 e. The zero-order chi connectivity index (χ0) is 20.5. The van der Waals surface area contributed by atoms with Crippen LogP contribution in [0.5, 0.6) is 0 Å². The molecule has 1 aliphatic heterocycles. The van der Waals surface area contributed by atoms with E-state index in [0.29, 0.717) is 13.0 Å². The summed E-state index contributed by atoms with van der Waals surface area (Å²) in [5.41, 5.74) is 2.42. The number of aliphatic imine (C=N–C) groups is 1. The minimum absolute atomic E-state index is 0. The lowest BCUT2D eigenvalue weighted by atomic mass is 10.1. The second kappa shape index (κ2) is 12.6. The Morgan fingerprint density at radius 1 is 1.27 bits per heavy atom. The number of carbonyl (C=O) groups excluding carboxylic acids is 1. The molecule has 8 heteroatoms. The van der Waals surface area contributed by atoms with Gasteiger partial charge in [0.25, 0.3) is 0 Å². The van der Waals surface area contributed by atoms with Gasteiger partial charge >= 0.3 is 0 Å². The molecule has 2 heterocycles. The Balaban J connectivity index is 0.00000320. The summed E-state index contributed by atoms with van der Waals surface area (Å²) in [5.74, 6) is 2.12. The number of aromatic nitrogens is 2. The topological polar surface area (TPSA) is 74.6 Å². The van der Waals surface area contributed by atoms with Gasteiger partial charge in [-0.25, -0.2) is 9.98 Å². The minimum Gasteiger partial charge on any atom is -0.357 e. The van der Waals surface area contributed by atoms with Crippen molar-refractivity contribution in [3.63, 3.8) is 0 Å². The maximum absolute atomic E-state index is 11.7. The number of guanidine groups is 1. The largest absolute Gasteiger partial charge is 0.357 e. The number of likely N-dealkylation sites (tertiary alicyclic amines) is 1. The standard InChI is InChI=1S/C22H32N6O.HI/c1-3-23-22(25-10-6-13-27-12-5-9-21(27)29)26-16-19-7-4-8-20(15-19)17-28-14-11-24-18(28)2;/h4,7-8,11,14-15H,3,5-6,9-10,12-13,16-17H2,1-2H3,(H2,23,25,26);1H. The molecule has 2 aromatic rings. The molecule has 1 aromatic carbocycles. The van der Waals surface area contributed by atoms with E-state index in [1.807, 2.05) is 24.2 Å². The van der Waals surface area contributed by atoms with Gasteiger partial charge in [0.15, 0.2) is 5.96 Å². The van der Waals surface area contributed by atoms with Gasteiger partial charge in [0.1, 0.15) is 5.82 Å². The predicted octanol–water partition coefficient (Wildman–Crippen LogP) is 2.93. The van der Waals surface area contributed by atoms with Crippen molar-refractivity contribution in [2.75, 3.05) is 26.2 Å². The molecule has 0 unspecified atom stereocenters. The summed E-state index contributed by atoms with van der Waals surface area (Å²) in [4.78, 5) is 22.6. The molecule has 7 nitrogen and oxygen atoms in total. The van der Waals surface area contributed by atoms with Crippen molar-refractivity contribution >= 4 is 35.8 Å². The first-order valence-corrected chi connectivity index (χ1v) is 10.5. The van der Waals surface area contributed by atoms with E-state index in [0.717, 1.165) is 57.3 Å². The van der Waals surface area contributed by atoms with E-state index in [4.69, 9.17) is 4.99 Å². The van der Waals surface area contributed by atoms with E-state index < -0.39 is 0 Å². The first-order valence-electron chi connectivity index (χ1n) is 10.5. The lowest BCUT2D eigenvalue weighted by Gasteiger charge is -2.16. The van der Waals surface area contributed by atoms with Crippen molar-refractivity contribution in [3.8, 4) is 0 Å². The molecule has 30 heavy (non-hydrogen) atoms. The van der Waals surface area contributed by atoms with Gasteiger partial charge < -0.3 is 20.1 Å². The van der Waals surface area contributed by atoms with Crippen LogP contribution in [-0.4, -0.2) is 52.5 Å². The van der Waals surface area contributed by atoms with Gasteiger partial charge in [0.05, 0.1) is 6.54 Å². The molecule has 1 saturated heterocycles. The summed E-state index contributed by atoms with van der Waals surface area (Å²) < 4.78 is 2.14. The number of amides is 1. The highest BCUT2D eigenvalue weighted by Crippen LogP contribution is 2.10. The van der Waals surface area contributed by atoms with Crippen molar-refractivity contribution in [1.82, 2.24) is 25.1 Å². The zero-order valence-corrected chi connectivity index (χ0v) is 20.3. The quantitative estimate of drug-likeness (QED) is 0.229. The summed E-state index contributed by atoms with van der Waals surface area (Å²) in [6, 6.07) is 8.53. The number of carbonyl (C=O) groups is 1. The number of halogens is 1. The van der Waals surface area contributed by atoms with Crippen LogP contribution in [0.1, 0.15) is 43.1 Å². The van der Waals surface area contributed by atoms with Crippen molar-refractivity contribution in [1.29, 1.82) is 0 Å². The number of benzene rings is 1. The second-order valence-electron chi connectivity index (χ2n) is 7.38. The Hall–Kier alpha value is -2.10. The number of nitrogens with one attached hydrogen (secondary N) is 2. The Bertz CT molecular complexity index is 835. The molecule has 164 valence electrons. The van der Waals surface area contributed by atoms with Crippen LogP contribution in [0, 0.1) is 6.92 Å². The number of rotatable bonds is 9. The first kappa shape index (κ1) is 24.2. The number of hydrogen-bond acceptors (Lipinski definition) is 3. The molecule has 1 aromatic heterocycles. The summed E-state index contributed by atoms with van der Waals surface area (Å²) >= 11 is 0. The Morgan fingerprint density at radius 3 is 2.80 bits per heavy atom. The fourth-order valence-electron chi connectivity index (χ4n) is 3.52. The van der Waals surface area contributed by atoms with Gasteiger partial charge in [-0.2, -0.15) is 0 Å². The van der Waals surface area contributed by atoms with Gasteiger partial charge in [-0.3, -0.25) is 4.79 Å². The van der Waals surface area contributed by atoms with Crippen molar-refractivity contribution in [3.05, 3.63) is 53.6 Å². The van der Waals surface area contributed by atoms with Crippen molar-refractivity contribution < 1.29 is 4.79 Å². The van der Waals surface area contributed by atoms with E-state index in [1.54, 1.807) is 0 Å². The summed E-state index contributed by atoms with van der Waals surface area (Å²) in [6.45, 7) is 8.86. The predicted molar refractivity (Wildman–Crippen MR) is 131 cm³/mol. The average Bonchev–Trinajstić information content (AvgIpc) is 3.31. The van der Waals surface area contributed by atoms with Gasteiger partial charge in [-0.15, -0.1) is 24.0 Å². The number of nitrogens with zero attached hydrogens (tertiary/aromatic N) is 4. The lowest BCUT2D eigenvalue weighted by Crippen LogP contribution is -2.39. The van der Waals surface area contributed by atoms with Crippen molar-refractivity contribution in [2.24, 2.45) is 4.99 Å². The second-order valence-corrected chi connectivity index (χ2v) is 7.38. The Kier molecular flexibility index (Phi) is 10.1. The van der Waals surface area contributed by atoms with Crippen LogP contribution in [-0.2, 0) is 17.9 Å². The number of hydrogen-bond donors (Lipinski definition) is 2. The highest BCUT2D eigenvalue weighted by atomic mass is 127. The van der Waals surface area contributed by atoms with E-state index in [9.17, 15) is 4.79 Å². The third-order valence-corrected chi connectivity index (χ3v) is 5.10. The average molecular weight is 524 g/mol. The molecular formula is C22H33IN6O. The molecule has 2 N–H and O–H groups in total. The maximum atomic E-state index is 11.7. The van der Waals surface area contributed by atoms with E-state index in [1.165, 1.54) is 11.1 Å². The van der Waals surface area contributed by atoms with E-state index >= 15 is 0 Å². The molecule has 1 fully saturated rings. The van der Waals surface area contributed by atoms with Gasteiger partial charge in [-0.1, -0.05) is 24.3 Å². The molecule has 0 atom stereocenters. The molecule has 1 amide bonds. The Labute approximate surface area is 196 Å². The molecule has 0 bridgehead atoms. The van der Waals surface area contributed by atoms with Gasteiger partial charge in [0.2, 0.25) is 5.91 Å². The SMILES string of the molecule is CCNC(=NCc1cccc(Cn2ccnc2C)c1)NCCCN1CCCC1=O.I. The summed E-state index contributed by atoms with van der Waals surface area (Å²) in [7, 11) is 0. The molecule has 0 spiro atoms. The third kappa shape index (κ3) is 7.30. The normalized spacial score (nSPS) is 14.0. The fourth-order valence-corrected chi connectivity index (χ4v) is 3.52. The van der Waals surface area contributed by atoms with Crippen LogP contribution in [0.4, 0.5) is 0 Å². The highest BCUT2D eigenvalue weighted by molar-refractivity contribution is 14.0. The summed E-state index contributed by atoms with van der Waals surface area (Å²) in [6.07, 6.45) is 6.46. The molecule has 1 aliphatic rings. The minimum atomic E-state index is 0. The molecular weight excluding hydrogens is 491 g/mol. The van der Waals surface area contributed by atoms with Crippen LogP contribution >= 0.6 is 24.0 Å². The molecule has 3 rings (SSSR count). The number of imidazole rings is 1. The van der Waals surface area contributed by atoms with Crippen LogP contribution in [0.3, 0.4) is 0 Å². The molecule has 0 radical (unpaired) electrons. The van der Waals surface area contributed by atoms with Gasteiger partial charge in [0, 0.05) is 51.5 Å². The molecule has 0 aliphatic carbocycles. The van der Waals surface area contributed by atoms with Crippen LogP contribution in [0.2, 0.25) is 0 Å². The Morgan fingerprint density at radius 2 is 2.10 bits per heavy atom. The lowest BCUT2D eigenvalue weighted by molar-refractivity contribution is -0.127. The van der Waals surface area contributed by atoms with Crippen LogP contribution in [0.25, 0.3) is 0 Å². The smallest absolute Gasteiger partial charge is 0.222 e. The highest BCUT2D eigenvalue weighted by Gasteiger charge is 2.18. The molecule has 0 saturated carbocycles. The van der Waals surface area contributed by atoms with E-state index in [2.05, 4.69) is 51.4 Å². The van der Waals surface area contributed by atoms with Crippen molar-refractivity contribution in [2.45, 2.75) is 46.2 Å². The van der Waals surface area contributed by atoms with Crippen LogP contribution < -0.4 is 10.6 Å². The van der Waals surface area contributed by atoms with Crippen LogP contribution in [0.15, 0.2) is 41.7 Å². The zero-order valence-electron chi connectivity index (χ0n) is 17.9. The van der Waals surface area contributed by atoms with Gasteiger partial charge in [-0.05, 0) is 37.8 Å². The first-order chi connectivity index (χ1) is 14.2. The fraction of sp³-hybridized carbons (Fsp3) is 0.500. The van der Waals surface area contributed by atoms with E-state index in [-0.39, 0.29) is 29.9 Å². The monoisotopic (exact) mass is 524 g/mol. The summed E-state index contributed by atoms with van der Waals surface area (Å²) in [5, 5.41) is 6.67. The number of aryl methyl sites for hydroxylation is 1. The third-order valence-electron chi connectivity index (χ3n) is 5.10.